The Morgan fingerprint density at radius 3 is 2.58 bits per heavy atom. The molecule has 4 heterocycles. The van der Waals surface area contributed by atoms with Crippen molar-refractivity contribution in [2.24, 2.45) is 11.0 Å². The summed E-state index contributed by atoms with van der Waals surface area (Å²) in [5.41, 5.74) is 9.55. The molecule has 0 radical (unpaired) electrons. The lowest BCUT2D eigenvalue weighted by molar-refractivity contribution is -0.132. The number of carbonyl (C=O) groups is 1. The number of rotatable bonds is 6. The monoisotopic (exact) mass is 504 g/mol. The summed E-state index contributed by atoms with van der Waals surface area (Å²) in [7, 11) is 0. The highest BCUT2D eigenvalue weighted by molar-refractivity contribution is 6.30. The fourth-order valence-corrected chi connectivity index (χ4v) is 6.06. The third kappa shape index (κ3) is 4.82. The summed E-state index contributed by atoms with van der Waals surface area (Å²) in [4.78, 5) is 17.2. The highest BCUT2D eigenvalue weighted by atomic mass is 35.5. The first-order valence-electron chi connectivity index (χ1n) is 13.0. The Bertz CT molecular complexity index is 1130. The second kappa shape index (κ2) is 10.1. The second-order valence-corrected chi connectivity index (χ2v) is 10.7. The van der Waals surface area contributed by atoms with Crippen LogP contribution in [0.3, 0.4) is 0 Å². The van der Waals surface area contributed by atoms with Crippen molar-refractivity contribution in [3.05, 3.63) is 83.1 Å². The van der Waals surface area contributed by atoms with E-state index in [9.17, 15) is 4.79 Å². The van der Waals surface area contributed by atoms with Crippen LogP contribution in [0.5, 0.6) is 0 Å². The third-order valence-corrected chi connectivity index (χ3v) is 8.24. The highest BCUT2D eigenvalue weighted by Gasteiger charge is 2.44. The smallest absolute Gasteiger partial charge is 0.223 e. The van der Waals surface area contributed by atoms with Gasteiger partial charge in [0.25, 0.3) is 0 Å². The van der Waals surface area contributed by atoms with Gasteiger partial charge in [0.2, 0.25) is 5.91 Å². The van der Waals surface area contributed by atoms with E-state index in [4.69, 9.17) is 11.6 Å². The number of amides is 1. The molecule has 2 N–H and O–H groups in total. The molecule has 3 unspecified atom stereocenters. The Labute approximate surface area is 217 Å². The van der Waals surface area contributed by atoms with Crippen molar-refractivity contribution >= 4 is 23.3 Å². The maximum Gasteiger partial charge on any atom is 0.223 e. The van der Waals surface area contributed by atoms with Gasteiger partial charge in [-0.2, -0.15) is 5.10 Å². The molecule has 3 atom stereocenters. The molecule has 2 saturated heterocycles. The van der Waals surface area contributed by atoms with Gasteiger partial charge in [0.1, 0.15) is 12.0 Å². The summed E-state index contributed by atoms with van der Waals surface area (Å²) in [6, 6.07) is 19.2. The lowest BCUT2D eigenvalue weighted by Gasteiger charge is -2.37. The molecule has 2 aromatic carbocycles. The van der Waals surface area contributed by atoms with E-state index in [2.05, 4.69) is 80.7 Å². The number of nitrogens with zero attached hydrogens (tertiary/aromatic N) is 4. The molecule has 0 saturated carbocycles. The van der Waals surface area contributed by atoms with Crippen LogP contribution in [0.4, 0.5) is 0 Å². The van der Waals surface area contributed by atoms with Gasteiger partial charge in [0.15, 0.2) is 0 Å². The molecule has 188 valence electrons. The van der Waals surface area contributed by atoms with Crippen LogP contribution in [0.2, 0.25) is 5.02 Å². The number of hydrazine groups is 1. The largest absolute Gasteiger partial charge is 0.343 e. The van der Waals surface area contributed by atoms with E-state index in [0.717, 1.165) is 49.6 Å². The standard InChI is InChI=1S/C28H33ClN6O/c29-23-8-6-22(7-9-23)24-19-25-28-31-30-26(34(28)16-17-35(25)32-24)10-11-27(36)33-14-12-21(13-15-33)18-20-4-2-1-3-5-20/h1-9,16-17,21,24-25,28,31-32H,10-15,18-19H2. The number of carbonyl (C=O) groups excluding carboxylic acids is 1. The Morgan fingerprint density at radius 1 is 1.03 bits per heavy atom. The molecule has 4 aliphatic heterocycles. The maximum atomic E-state index is 13.0. The van der Waals surface area contributed by atoms with Crippen molar-refractivity contribution < 1.29 is 4.79 Å². The van der Waals surface area contributed by atoms with Crippen LogP contribution in [0.1, 0.15) is 49.3 Å². The lowest BCUT2D eigenvalue weighted by atomic mass is 9.90. The Morgan fingerprint density at radius 2 is 1.81 bits per heavy atom. The topological polar surface area (TPSA) is 63.2 Å². The van der Waals surface area contributed by atoms with Gasteiger partial charge in [-0.25, -0.2) is 5.43 Å². The van der Waals surface area contributed by atoms with Crippen LogP contribution in [0.25, 0.3) is 0 Å². The van der Waals surface area contributed by atoms with Gasteiger partial charge in [-0.1, -0.05) is 54.1 Å². The molecule has 6 rings (SSSR count). The van der Waals surface area contributed by atoms with E-state index < -0.39 is 0 Å². The number of fused-ring (bicyclic) bond motifs is 3. The molecule has 4 aliphatic rings. The predicted molar refractivity (Wildman–Crippen MR) is 142 cm³/mol. The zero-order chi connectivity index (χ0) is 24.5. The van der Waals surface area contributed by atoms with Crippen molar-refractivity contribution in [1.29, 1.82) is 0 Å². The minimum Gasteiger partial charge on any atom is -0.343 e. The van der Waals surface area contributed by atoms with Gasteiger partial charge >= 0.3 is 0 Å². The van der Waals surface area contributed by atoms with Gasteiger partial charge in [0.05, 0.1) is 12.1 Å². The second-order valence-electron chi connectivity index (χ2n) is 10.3. The van der Waals surface area contributed by atoms with Crippen molar-refractivity contribution in [1.82, 2.24) is 25.7 Å². The summed E-state index contributed by atoms with van der Waals surface area (Å²) >= 11 is 6.07. The van der Waals surface area contributed by atoms with E-state index in [1.54, 1.807) is 0 Å². The zero-order valence-electron chi connectivity index (χ0n) is 20.4. The summed E-state index contributed by atoms with van der Waals surface area (Å²) in [5, 5.41) is 7.55. The number of hydrogen-bond acceptors (Lipinski definition) is 6. The SMILES string of the molecule is O=C(CCC1=NNC2C3CC(c4ccc(Cl)cc4)NN3C=CN12)N1CCC(Cc2ccccc2)CC1. The lowest BCUT2D eigenvalue weighted by Crippen LogP contribution is -2.54. The highest BCUT2D eigenvalue weighted by Crippen LogP contribution is 2.34. The average molecular weight is 505 g/mol. The van der Waals surface area contributed by atoms with Gasteiger partial charge in [-0.15, -0.1) is 0 Å². The molecular formula is C28H33ClN6O. The van der Waals surface area contributed by atoms with E-state index in [-0.39, 0.29) is 24.2 Å². The van der Waals surface area contributed by atoms with Crippen molar-refractivity contribution in [2.45, 2.75) is 56.8 Å². The fourth-order valence-electron chi connectivity index (χ4n) is 5.93. The van der Waals surface area contributed by atoms with Crippen LogP contribution in [0, 0.1) is 5.92 Å². The first-order valence-corrected chi connectivity index (χ1v) is 13.4. The van der Waals surface area contributed by atoms with Crippen LogP contribution in [0.15, 0.2) is 72.1 Å². The number of halogens is 1. The number of hydrogen-bond donors (Lipinski definition) is 2. The van der Waals surface area contributed by atoms with Crippen LogP contribution in [-0.4, -0.2) is 51.8 Å². The Balaban J connectivity index is 0.986. The minimum absolute atomic E-state index is 0.0682. The fraction of sp³-hybridized carbons (Fsp3) is 0.429. The van der Waals surface area contributed by atoms with Crippen LogP contribution < -0.4 is 10.9 Å². The molecule has 1 amide bonds. The zero-order valence-corrected chi connectivity index (χ0v) is 21.1. The quantitative estimate of drug-likeness (QED) is 0.615. The molecule has 0 aromatic heterocycles. The van der Waals surface area contributed by atoms with Crippen molar-refractivity contribution in [2.75, 3.05) is 13.1 Å². The number of nitrogens with one attached hydrogen (secondary N) is 2. The molecule has 7 nitrogen and oxygen atoms in total. The van der Waals surface area contributed by atoms with Gasteiger partial charge in [0, 0.05) is 43.4 Å². The molecule has 0 aliphatic carbocycles. The molecule has 2 fully saturated rings. The number of hydrazone groups is 1. The normalized spacial score (nSPS) is 25.4. The number of likely N-dealkylation sites (tertiary alicyclic amines) is 1. The molecule has 2 aromatic rings. The Hall–Kier alpha value is -3.03. The minimum atomic E-state index is 0.0682. The van der Waals surface area contributed by atoms with E-state index >= 15 is 0 Å². The van der Waals surface area contributed by atoms with Crippen LogP contribution >= 0.6 is 11.6 Å². The molecular weight excluding hydrogens is 472 g/mol. The maximum absolute atomic E-state index is 13.0. The average Bonchev–Trinajstić information content (AvgIpc) is 3.53. The first-order chi connectivity index (χ1) is 17.6. The number of amidine groups is 1. The number of piperidine rings is 1. The molecule has 0 spiro atoms. The third-order valence-electron chi connectivity index (χ3n) is 7.98. The summed E-state index contributed by atoms with van der Waals surface area (Å²) in [6.45, 7) is 1.73. The molecule has 8 heteroatoms. The Kier molecular flexibility index (Phi) is 6.59. The number of benzene rings is 2. The summed E-state index contributed by atoms with van der Waals surface area (Å²) in [5.74, 6) is 1.85. The van der Waals surface area contributed by atoms with Gasteiger partial charge in [-0.05, 0) is 54.9 Å². The van der Waals surface area contributed by atoms with Gasteiger partial charge < -0.3 is 14.8 Å². The van der Waals surface area contributed by atoms with Gasteiger partial charge in [-0.3, -0.25) is 10.2 Å². The van der Waals surface area contributed by atoms with E-state index in [1.807, 2.05) is 17.0 Å². The predicted octanol–water partition coefficient (Wildman–Crippen LogP) is 4.25. The summed E-state index contributed by atoms with van der Waals surface area (Å²) in [6.07, 6.45) is 9.60. The van der Waals surface area contributed by atoms with Crippen molar-refractivity contribution in [3.8, 4) is 0 Å². The van der Waals surface area contributed by atoms with E-state index in [1.165, 1.54) is 11.1 Å². The summed E-state index contributed by atoms with van der Waals surface area (Å²) < 4.78 is 0. The van der Waals surface area contributed by atoms with Crippen molar-refractivity contribution in [3.63, 3.8) is 0 Å². The molecule has 36 heavy (non-hydrogen) atoms. The molecule has 0 bridgehead atoms. The van der Waals surface area contributed by atoms with E-state index in [0.29, 0.717) is 18.8 Å². The van der Waals surface area contributed by atoms with Crippen LogP contribution in [-0.2, 0) is 11.2 Å². The first kappa shape index (κ1) is 23.4.